The lowest BCUT2D eigenvalue weighted by molar-refractivity contribution is -0.123. The van der Waals surface area contributed by atoms with Crippen molar-refractivity contribution in [3.63, 3.8) is 0 Å². The van der Waals surface area contributed by atoms with Gasteiger partial charge in [0.25, 0.3) is 11.8 Å². The number of likely N-dealkylation sites (tertiary alicyclic amines) is 1. The summed E-state index contributed by atoms with van der Waals surface area (Å²) in [7, 11) is 0.226. The molecule has 3 fully saturated rings. The Hall–Kier alpha value is -5.94. The fourth-order valence-corrected chi connectivity index (χ4v) is 11.5. The van der Waals surface area contributed by atoms with Gasteiger partial charge < -0.3 is 29.3 Å². The average Bonchev–Trinajstić information content (AvgIpc) is 4.02. The van der Waals surface area contributed by atoms with Crippen molar-refractivity contribution in [3.05, 3.63) is 120 Å². The zero-order valence-corrected chi connectivity index (χ0v) is 36.3. The molecule has 4 amide bonds. The van der Waals surface area contributed by atoms with Crippen LogP contribution in [-0.4, -0.2) is 123 Å². The lowest BCUT2D eigenvalue weighted by Gasteiger charge is -2.52. The third-order valence-corrected chi connectivity index (χ3v) is 15.0. The molecule has 1 unspecified atom stereocenters. The SMILES string of the molecule is COC(=O)N[C@H]1CCC[C@@H]1C(c1cccc(F)c1)(C1CCN(CC2CN(c3ccc(S(=O)(=O)c4ccc5c(c4)C(=O)N(C/C=C/C(=O)N(C)C)C5=O)cc3F)C2)CC1)n1ccnc1. The predicted octanol–water partition coefficient (Wildman–Crippen LogP) is 5.35. The minimum Gasteiger partial charge on any atom is -0.453 e. The summed E-state index contributed by atoms with van der Waals surface area (Å²) in [6.07, 6.45) is 11.8. The maximum atomic E-state index is 15.7. The number of amides is 4. The third kappa shape index (κ3) is 8.23. The van der Waals surface area contributed by atoms with E-state index >= 15 is 8.78 Å². The summed E-state index contributed by atoms with van der Waals surface area (Å²) in [6.45, 7) is 3.40. The first-order valence-electron chi connectivity index (χ1n) is 21.2. The molecule has 17 heteroatoms. The molecule has 332 valence electrons. The molecule has 8 rings (SSSR count). The fourth-order valence-electron chi connectivity index (χ4n) is 10.3. The van der Waals surface area contributed by atoms with E-state index in [1.54, 1.807) is 38.8 Å². The number of benzene rings is 3. The van der Waals surface area contributed by atoms with Gasteiger partial charge in [-0.1, -0.05) is 24.6 Å². The van der Waals surface area contributed by atoms with E-state index < -0.39 is 39.1 Å². The number of aromatic nitrogens is 2. The number of carbonyl (C=O) groups is 4. The molecule has 1 saturated carbocycles. The van der Waals surface area contributed by atoms with Crippen molar-refractivity contribution in [2.24, 2.45) is 17.8 Å². The second kappa shape index (κ2) is 17.7. The highest BCUT2D eigenvalue weighted by Gasteiger charge is 2.53. The van der Waals surface area contributed by atoms with E-state index in [1.165, 1.54) is 54.5 Å². The average molecular weight is 884 g/mol. The minimum absolute atomic E-state index is 0.0446. The topological polar surface area (TPSA) is 154 Å². The first kappa shape index (κ1) is 43.7. The number of fused-ring (bicyclic) bond motifs is 1. The Labute approximate surface area is 365 Å². The molecule has 1 aromatic heterocycles. The van der Waals surface area contributed by atoms with Crippen LogP contribution in [0.15, 0.2) is 101 Å². The van der Waals surface area contributed by atoms with Gasteiger partial charge in [0.1, 0.15) is 11.6 Å². The van der Waals surface area contributed by atoms with E-state index in [4.69, 9.17) is 4.74 Å². The molecule has 0 bridgehead atoms. The van der Waals surface area contributed by atoms with Crippen LogP contribution in [0.5, 0.6) is 0 Å². The summed E-state index contributed by atoms with van der Waals surface area (Å²) in [5.41, 5.74) is 0.428. The number of imidazole rings is 1. The Morgan fingerprint density at radius 1 is 0.952 bits per heavy atom. The normalized spacial score (nSPS) is 20.8. The molecular weight excluding hydrogens is 833 g/mol. The molecule has 0 spiro atoms. The monoisotopic (exact) mass is 883 g/mol. The summed E-state index contributed by atoms with van der Waals surface area (Å²) in [5.74, 6) is -2.32. The van der Waals surface area contributed by atoms with Crippen LogP contribution in [0.4, 0.5) is 19.3 Å². The van der Waals surface area contributed by atoms with E-state index in [-0.39, 0.29) is 63.0 Å². The smallest absolute Gasteiger partial charge is 0.407 e. The molecule has 3 atom stereocenters. The molecule has 0 radical (unpaired) electrons. The Balaban J connectivity index is 0.914. The van der Waals surface area contributed by atoms with Gasteiger partial charge in [-0.05, 0) is 98.8 Å². The van der Waals surface area contributed by atoms with Crippen LogP contribution in [0.25, 0.3) is 0 Å². The molecule has 4 aromatic rings. The molecule has 63 heavy (non-hydrogen) atoms. The molecule has 2 saturated heterocycles. The van der Waals surface area contributed by atoms with Gasteiger partial charge in [0.05, 0.1) is 45.6 Å². The number of nitrogens with zero attached hydrogens (tertiary/aromatic N) is 6. The molecule has 3 aromatic carbocycles. The number of anilines is 1. The quantitative estimate of drug-likeness (QED) is 0.137. The van der Waals surface area contributed by atoms with Gasteiger partial charge in [-0.2, -0.15) is 0 Å². The largest absolute Gasteiger partial charge is 0.453 e. The summed E-state index contributed by atoms with van der Waals surface area (Å²) in [4.78, 5) is 61.0. The molecule has 1 aliphatic carbocycles. The van der Waals surface area contributed by atoms with Crippen LogP contribution < -0.4 is 10.2 Å². The van der Waals surface area contributed by atoms with Crippen molar-refractivity contribution in [1.29, 1.82) is 0 Å². The second-order valence-corrected chi connectivity index (χ2v) is 19.1. The Bertz CT molecular complexity index is 2540. The number of ether oxygens (including phenoxy) is 1. The van der Waals surface area contributed by atoms with E-state index in [0.29, 0.717) is 18.8 Å². The van der Waals surface area contributed by atoms with E-state index in [9.17, 15) is 27.6 Å². The van der Waals surface area contributed by atoms with Crippen molar-refractivity contribution < 1.29 is 41.1 Å². The zero-order valence-electron chi connectivity index (χ0n) is 35.5. The standard InChI is InChI=1S/C46H51F2N7O7S/c1-51(2)42(56)11-6-19-55-43(57)36-14-12-34(24-37(36)44(55)58)63(60,61)35-13-15-41(39(48)25-35)53-27-30(28-53)26-52-20-16-31(17-21-52)46(54-22-18-49-29-54,32-7-4-8-33(47)23-32)38-9-5-10-40(38)50-45(59)62-3/h4,6-8,11-15,18,22-25,29-31,38,40H,5,9-10,16-17,19-21,26-28H2,1-3H3,(H,50,59)/b11-6+/t38-,40-,46?/m0/s1. The van der Waals surface area contributed by atoms with Crippen molar-refractivity contribution in [1.82, 2.24) is 29.6 Å². The van der Waals surface area contributed by atoms with Gasteiger partial charge in [-0.15, -0.1) is 0 Å². The molecule has 1 N–H and O–H groups in total. The first-order chi connectivity index (χ1) is 30.2. The molecular formula is C46H51F2N7O7S. The summed E-state index contributed by atoms with van der Waals surface area (Å²) in [5, 5.41) is 3.09. The number of alkyl carbamates (subject to hydrolysis) is 1. The van der Waals surface area contributed by atoms with Crippen molar-refractivity contribution in [2.75, 3.05) is 65.4 Å². The van der Waals surface area contributed by atoms with E-state index in [1.807, 2.05) is 17.2 Å². The number of nitrogens with one attached hydrogen (secondary N) is 1. The number of rotatable bonds is 13. The van der Waals surface area contributed by atoms with Crippen LogP contribution in [0, 0.1) is 29.4 Å². The number of halogens is 2. The Kier molecular flexibility index (Phi) is 12.3. The Morgan fingerprint density at radius 2 is 1.68 bits per heavy atom. The van der Waals surface area contributed by atoms with Crippen molar-refractivity contribution in [3.8, 4) is 0 Å². The first-order valence-corrected chi connectivity index (χ1v) is 22.7. The number of carbonyl (C=O) groups excluding carboxylic acids is 4. The molecule has 3 aliphatic heterocycles. The van der Waals surface area contributed by atoms with Gasteiger partial charge in [0, 0.05) is 76.6 Å². The van der Waals surface area contributed by atoms with Gasteiger partial charge in [-0.3, -0.25) is 19.3 Å². The maximum Gasteiger partial charge on any atom is 0.407 e. The molecule has 4 aliphatic rings. The third-order valence-electron chi connectivity index (χ3n) is 13.3. The summed E-state index contributed by atoms with van der Waals surface area (Å²) < 4.78 is 65.3. The van der Waals surface area contributed by atoms with Crippen LogP contribution >= 0.6 is 0 Å². The number of sulfone groups is 1. The molecule has 4 heterocycles. The van der Waals surface area contributed by atoms with Gasteiger partial charge in [-0.25, -0.2) is 27.0 Å². The number of likely N-dealkylation sites (N-methyl/N-ethyl adjacent to an activating group) is 1. The van der Waals surface area contributed by atoms with Gasteiger partial charge in [0.2, 0.25) is 15.7 Å². The number of methoxy groups -OCH3 is 1. The highest BCUT2D eigenvalue weighted by molar-refractivity contribution is 7.91. The van der Waals surface area contributed by atoms with E-state index in [2.05, 4.69) is 19.8 Å². The summed E-state index contributed by atoms with van der Waals surface area (Å²) >= 11 is 0. The van der Waals surface area contributed by atoms with Crippen LogP contribution in [-0.2, 0) is 24.9 Å². The van der Waals surface area contributed by atoms with Crippen molar-refractivity contribution >= 4 is 39.3 Å². The maximum absolute atomic E-state index is 15.7. The highest BCUT2D eigenvalue weighted by atomic mass is 32.2. The fraction of sp³-hybridized carbons (Fsp3) is 0.413. The summed E-state index contributed by atoms with van der Waals surface area (Å²) in [6, 6.07) is 14.1. The Morgan fingerprint density at radius 3 is 2.37 bits per heavy atom. The number of hydrogen-bond donors (Lipinski definition) is 1. The number of piperidine rings is 1. The number of hydrogen-bond acceptors (Lipinski definition) is 10. The predicted molar refractivity (Wildman–Crippen MR) is 229 cm³/mol. The highest BCUT2D eigenvalue weighted by Crippen LogP contribution is 2.51. The molecule has 14 nitrogen and oxygen atoms in total. The lowest BCUT2D eigenvalue weighted by Crippen LogP contribution is -2.57. The zero-order chi connectivity index (χ0) is 44.6. The lowest BCUT2D eigenvalue weighted by atomic mass is 9.64. The van der Waals surface area contributed by atoms with Crippen LogP contribution in [0.2, 0.25) is 0 Å². The number of imide groups is 1. The minimum atomic E-state index is -4.26. The van der Waals surface area contributed by atoms with Crippen LogP contribution in [0.3, 0.4) is 0 Å². The van der Waals surface area contributed by atoms with Crippen LogP contribution in [0.1, 0.15) is 58.4 Å². The van der Waals surface area contributed by atoms with E-state index in [0.717, 1.165) is 74.3 Å². The van der Waals surface area contributed by atoms with Crippen molar-refractivity contribution in [2.45, 2.75) is 53.5 Å². The van der Waals surface area contributed by atoms with Gasteiger partial charge >= 0.3 is 6.09 Å². The van der Waals surface area contributed by atoms with Gasteiger partial charge in [0.15, 0.2) is 0 Å². The second-order valence-electron chi connectivity index (χ2n) is 17.1.